The molecular formula is C10H6BrF2NO. The Bertz CT molecular complexity index is 485. The quantitative estimate of drug-likeness (QED) is 0.667. The number of carbonyl (C=O) groups excluding carboxylic acids is 1. The SMILES string of the molecule is CC1C=Nc2cc(F)c(Br)c(F)c2C1=O. The maximum absolute atomic E-state index is 13.6. The Balaban J connectivity index is 2.75. The highest BCUT2D eigenvalue weighted by Gasteiger charge is 2.27. The first kappa shape index (κ1) is 10.4. The van der Waals surface area contributed by atoms with Crippen LogP contribution in [0.2, 0.25) is 0 Å². The predicted octanol–water partition coefficient (Wildman–Crippen LogP) is 3.26. The summed E-state index contributed by atoms with van der Waals surface area (Å²) >= 11 is 2.75. The van der Waals surface area contributed by atoms with Crippen molar-refractivity contribution in [2.75, 3.05) is 0 Å². The third kappa shape index (κ3) is 1.51. The summed E-state index contributed by atoms with van der Waals surface area (Å²) in [6.45, 7) is 1.62. The molecular weight excluding hydrogens is 268 g/mol. The number of hydrogen-bond acceptors (Lipinski definition) is 2. The van der Waals surface area contributed by atoms with Crippen molar-refractivity contribution in [2.24, 2.45) is 10.9 Å². The van der Waals surface area contributed by atoms with Gasteiger partial charge in [0.2, 0.25) is 0 Å². The van der Waals surface area contributed by atoms with E-state index in [1.54, 1.807) is 6.92 Å². The minimum Gasteiger partial charge on any atom is -0.293 e. The van der Waals surface area contributed by atoms with E-state index < -0.39 is 17.6 Å². The summed E-state index contributed by atoms with van der Waals surface area (Å²) in [7, 11) is 0. The van der Waals surface area contributed by atoms with Gasteiger partial charge >= 0.3 is 0 Å². The van der Waals surface area contributed by atoms with Gasteiger partial charge < -0.3 is 0 Å². The number of halogens is 3. The van der Waals surface area contributed by atoms with Crippen LogP contribution >= 0.6 is 15.9 Å². The molecule has 0 saturated heterocycles. The monoisotopic (exact) mass is 273 g/mol. The highest BCUT2D eigenvalue weighted by molar-refractivity contribution is 9.10. The summed E-state index contributed by atoms with van der Waals surface area (Å²) in [5.74, 6) is -2.48. The standard InChI is InChI=1S/C10H6BrF2NO/c1-4-3-14-6-2-5(12)8(11)9(13)7(6)10(4)15/h2-4H,1H3. The van der Waals surface area contributed by atoms with Crippen molar-refractivity contribution in [3.63, 3.8) is 0 Å². The molecule has 1 aliphatic heterocycles. The fraction of sp³-hybridized carbons (Fsp3) is 0.200. The van der Waals surface area contributed by atoms with Gasteiger partial charge in [0.1, 0.15) is 5.82 Å². The number of hydrogen-bond donors (Lipinski definition) is 0. The molecule has 1 aromatic rings. The Morgan fingerprint density at radius 1 is 1.47 bits per heavy atom. The molecule has 1 aromatic carbocycles. The van der Waals surface area contributed by atoms with Gasteiger partial charge in [0, 0.05) is 12.3 Å². The predicted molar refractivity (Wildman–Crippen MR) is 55.7 cm³/mol. The molecule has 78 valence electrons. The van der Waals surface area contributed by atoms with Crippen LogP contribution in [-0.4, -0.2) is 12.0 Å². The number of Topliss-reactive ketones (excluding diaryl/α,β-unsaturated/α-hetero) is 1. The third-order valence-corrected chi connectivity index (χ3v) is 2.97. The van der Waals surface area contributed by atoms with E-state index in [1.165, 1.54) is 6.21 Å². The smallest absolute Gasteiger partial charge is 0.176 e. The zero-order chi connectivity index (χ0) is 11.2. The van der Waals surface area contributed by atoms with Crippen molar-refractivity contribution in [1.82, 2.24) is 0 Å². The van der Waals surface area contributed by atoms with Gasteiger partial charge in [0.15, 0.2) is 11.6 Å². The average molecular weight is 274 g/mol. The maximum Gasteiger partial charge on any atom is 0.176 e. The lowest BCUT2D eigenvalue weighted by atomic mass is 9.96. The normalized spacial score (nSPS) is 19.2. The molecule has 2 rings (SSSR count). The summed E-state index contributed by atoms with van der Waals surface area (Å²) in [5.41, 5.74) is -0.0884. The lowest BCUT2D eigenvalue weighted by molar-refractivity contribution is 0.0958. The molecule has 0 aliphatic carbocycles. The number of rotatable bonds is 0. The number of fused-ring (bicyclic) bond motifs is 1. The van der Waals surface area contributed by atoms with Gasteiger partial charge in [0.05, 0.1) is 21.6 Å². The van der Waals surface area contributed by atoms with E-state index in [1.807, 2.05) is 0 Å². The van der Waals surface area contributed by atoms with E-state index in [9.17, 15) is 13.6 Å². The van der Waals surface area contributed by atoms with Crippen LogP contribution < -0.4 is 0 Å². The van der Waals surface area contributed by atoms with Gasteiger partial charge in [-0.2, -0.15) is 0 Å². The van der Waals surface area contributed by atoms with Gasteiger partial charge in [-0.3, -0.25) is 9.79 Å². The zero-order valence-electron chi connectivity index (χ0n) is 7.72. The van der Waals surface area contributed by atoms with Gasteiger partial charge in [0.25, 0.3) is 0 Å². The third-order valence-electron chi connectivity index (χ3n) is 2.24. The Kier molecular flexibility index (Phi) is 2.42. The lowest BCUT2D eigenvalue weighted by Gasteiger charge is -2.15. The van der Waals surface area contributed by atoms with Crippen LogP contribution in [0.1, 0.15) is 17.3 Å². The molecule has 5 heteroatoms. The van der Waals surface area contributed by atoms with Crippen molar-refractivity contribution >= 4 is 33.6 Å². The van der Waals surface area contributed by atoms with Gasteiger partial charge in [-0.25, -0.2) is 8.78 Å². The number of carbonyl (C=O) groups is 1. The zero-order valence-corrected chi connectivity index (χ0v) is 9.31. The van der Waals surface area contributed by atoms with Gasteiger partial charge in [-0.05, 0) is 15.9 Å². The summed E-state index contributed by atoms with van der Waals surface area (Å²) in [6.07, 6.45) is 1.39. The fourth-order valence-electron chi connectivity index (χ4n) is 1.41. The molecule has 15 heavy (non-hydrogen) atoms. The van der Waals surface area contributed by atoms with Crippen LogP contribution in [0.4, 0.5) is 14.5 Å². The van der Waals surface area contributed by atoms with Crippen molar-refractivity contribution in [3.05, 3.63) is 27.7 Å². The van der Waals surface area contributed by atoms with Gasteiger partial charge in [-0.1, -0.05) is 6.92 Å². The molecule has 0 N–H and O–H groups in total. The van der Waals surface area contributed by atoms with Crippen LogP contribution in [0, 0.1) is 17.6 Å². The summed E-state index contributed by atoms with van der Waals surface area (Å²) in [6, 6.07) is 1.04. The number of aliphatic imine (C=N–C) groups is 1. The van der Waals surface area contributed by atoms with E-state index in [2.05, 4.69) is 20.9 Å². The van der Waals surface area contributed by atoms with Crippen LogP contribution in [0.3, 0.4) is 0 Å². The van der Waals surface area contributed by atoms with E-state index in [0.717, 1.165) is 6.07 Å². The molecule has 1 aliphatic rings. The molecule has 0 aromatic heterocycles. The summed E-state index contributed by atoms with van der Waals surface area (Å²) < 4.78 is 26.4. The number of nitrogens with zero attached hydrogens (tertiary/aromatic N) is 1. The second kappa shape index (κ2) is 3.48. The van der Waals surface area contributed by atoms with Crippen molar-refractivity contribution in [2.45, 2.75) is 6.92 Å². The highest BCUT2D eigenvalue weighted by atomic mass is 79.9. The molecule has 2 nitrogen and oxygen atoms in total. The molecule has 0 fully saturated rings. The van der Waals surface area contributed by atoms with Gasteiger partial charge in [-0.15, -0.1) is 0 Å². The van der Waals surface area contributed by atoms with Crippen LogP contribution in [-0.2, 0) is 0 Å². The molecule has 0 saturated carbocycles. The molecule has 1 unspecified atom stereocenters. The topological polar surface area (TPSA) is 29.4 Å². The minimum atomic E-state index is -0.876. The Morgan fingerprint density at radius 3 is 2.80 bits per heavy atom. The van der Waals surface area contributed by atoms with Crippen LogP contribution in [0.25, 0.3) is 0 Å². The van der Waals surface area contributed by atoms with Crippen molar-refractivity contribution in [3.8, 4) is 0 Å². The van der Waals surface area contributed by atoms with Crippen LogP contribution in [0.15, 0.2) is 15.5 Å². The summed E-state index contributed by atoms with van der Waals surface area (Å²) in [4.78, 5) is 15.5. The van der Waals surface area contributed by atoms with E-state index >= 15 is 0 Å². The minimum absolute atomic E-state index is 0.0521. The van der Waals surface area contributed by atoms with Crippen molar-refractivity contribution in [1.29, 1.82) is 0 Å². The molecule has 0 radical (unpaired) electrons. The molecule has 1 heterocycles. The highest BCUT2D eigenvalue weighted by Crippen LogP contribution is 2.34. The Hall–Kier alpha value is -1.10. The molecule has 0 bridgehead atoms. The molecule has 1 atom stereocenters. The van der Waals surface area contributed by atoms with Crippen molar-refractivity contribution < 1.29 is 13.6 Å². The van der Waals surface area contributed by atoms with Crippen LogP contribution in [0.5, 0.6) is 0 Å². The van der Waals surface area contributed by atoms with E-state index in [4.69, 9.17) is 0 Å². The summed E-state index contributed by atoms with van der Waals surface area (Å²) in [5, 5.41) is 0. The Labute approximate surface area is 93.1 Å². The number of benzene rings is 1. The second-order valence-corrected chi connectivity index (χ2v) is 4.10. The lowest BCUT2D eigenvalue weighted by Crippen LogP contribution is -2.18. The fourth-order valence-corrected chi connectivity index (χ4v) is 1.72. The largest absolute Gasteiger partial charge is 0.293 e. The average Bonchev–Trinajstić information content (AvgIpc) is 2.20. The van der Waals surface area contributed by atoms with E-state index in [0.29, 0.717) is 0 Å². The Morgan fingerprint density at radius 2 is 2.13 bits per heavy atom. The molecule has 0 spiro atoms. The second-order valence-electron chi connectivity index (χ2n) is 3.31. The maximum atomic E-state index is 13.6. The first-order valence-electron chi connectivity index (χ1n) is 4.28. The first-order chi connectivity index (χ1) is 7.02. The molecule has 0 amide bonds. The number of ketones is 1. The van der Waals surface area contributed by atoms with E-state index in [-0.39, 0.29) is 21.5 Å². The first-order valence-corrected chi connectivity index (χ1v) is 5.07.